The maximum atomic E-state index is 12.7. The van der Waals surface area contributed by atoms with Crippen LogP contribution in [0, 0.1) is 0 Å². The molecule has 1 heterocycles. The zero-order chi connectivity index (χ0) is 22.6. The van der Waals surface area contributed by atoms with E-state index < -0.39 is 27.7 Å². The summed E-state index contributed by atoms with van der Waals surface area (Å²) in [5.74, 6) is -1.74. The molecule has 0 saturated carbocycles. The van der Waals surface area contributed by atoms with Gasteiger partial charge in [0.2, 0.25) is 15.6 Å². The van der Waals surface area contributed by atoms with E-state index >= 15 is 0 Å². The van der Waals surface area contributed by atoms with E-state index in [0.717, 1.165) is 31.3 Å². The van der Waals surface area contributed by atoms with E-state index in [0.29, 0.717) is 33.1 Å². The number of rotatable bonds is 8. The quantitative estimate of drug-likeness (QED) is 0.495. The van der Waals surface area contributed by atoms with Crippen molar-refractivity contribution in [2.75, 3.05) is 44.7 Å². The lowest BCUT2D eigenvalue weighted by Crippen LogP contribution is -2.52. The predicted molar refractivity (Wildman–Crippen MR) is 104 cm³/mol. The first-order valence-electron chi connectivity index (χ1n) is 9.04. The highest BCUT2D eigenvalue weighted by Crippen LogP contribution is 2.32. The van der Waals surface area contributed by atoms with Gasteiger partial charge < -0.3 is 15.2 Å². The van der Waals surface area contributed by atoms with Crippen LogP contribution in [0.3, 0.4) is 0 Å². The summed E-state index contributed by atoms with van der Waals surface area (Å²) in [5, 5.41) is 10.9. The van der Waals surface area contributed by atoms with E-state index in [1.54, 1.807) is 0 Å². The summed E-state index contributed by atoms with van der Waals surface area (Å²) < 4.78 is 70.6. The third kappa shape index (κ3) is 6.28. The highest BCUT2D eigenvalue weighted by atomic mass is 35.5. The molecule has 0 spiro atoms. The first kappa shape index (κ1) is 24.8. The fraction of sp³-hybridized carbons (Fsp3) is 0.588. The molecule has 1 saturated heterocycles. The highest BCUT2D eigenvalue weighted by Gasteiger charge is 2.55. The number of alkyl halides is 3. The molecule has 8 nitrogen and oxygen atoms in total. The van der Waals surface area contributed by atoms with E-state index in [-0.39, 0.29) is 22.2 Å². The lowest BCUT2D eigenvalue weighted by atomic mass is 10.1. The fourth-order valence-electron chi connectivity index (χ4n) is 2.55. The Morgan fingerprint density at radius 3 is 2.50 bits per heavy atom. The van der Waals surface area contributed by atoms with Gasteiger partial charge in [-0.1, -0.05) is 11.6 Å². The van der Waals surface area contributed by atoms with Crippen LogP contribution in [0.15, 0.2) is 23.1 Å². The molecule has 0 aromatic heterocycles. The number of nitrogens with one attached hydrogen (secondary N) is 2. The molecule has 1 atom stereocenters. The molecule has 13 heteroatoms. The number of carbonyl (C=O) groups excluding carboxylic acids is 1. The van der Waals surface area contributed by atoms with Crippen molar-refractivity contribution in [2.24, 2.45) is 0 Å². The van der Waals surface area contributed by atoms with Crippen LogP contribution in [0.4, 0.5) is 18.9 Å². The van der Waals surface area contributed by atoms with Crippen LogP contribution >= 0.6 is 11.6 Å². The van der Waals surface area contributed by atoms with Crippen LogP contribution < -0.4 is 10.0 Å². The molecule has 3 N–H and O–H groups in total. The number of halogens is 4. The monoisotopic (exact) mass is 473 g/mol. The molecular weight excluding hydrogens is 451 g/mol. The molecule has 1 aliphatic rings. The first-order chi connectivity index (χ1) is 13.8. The van der Waals surface area contributed by atoms with Gasteiger partial charge in [0.15, 0.2) is 0 Å². The number of amides is 1. The number of hydrogen-bond acceptors (Lipinski definition) is 6. The van der Waals surface area contributed by atoms with E-state index in [9.17, 15) is 31.5 Å². The van der Waals surface area contributed by atoms with E-state index in [1.165, 1.54) is 0 Å². The molecule has 170 valence electrons. The number of ether oxygens (including phenoxy) is 1. The number of morpholine rings is 1. The molecule has 0 aliphatic carbocycles. The Hall–Kier alpha value is -1.44. The normalized spacial score (nSPS) is 18.1. The fourth-order valence-corrected chi connectivity index (χ4v) is 3.95. The second-order valence-corrected chi connectivity index (χ2v) is 9.05. The minimum Gasteiger partial charge on any atom is -0.379 e. The minimum absolute atomic E-state index is 0.185. The Balaban J connectivity index is 1.96. The summed E-state index contributed by atoms with van der Waals surface area (Å²) in [6.45, 7) is 4.06. The van der Waals surface area contributed by atoms with E-state index in [4.69, 9.17) is 16.3 Å². The molecule has 30 heavy (non-hydrogen) atoms. The Labute approximate surface area is 177 Å². The Morgan fingerprint density at radius 2 is 1.93 bits per heavy atom. The van der Waals surface area contributed by atoms with Gasteiger partial charge in [-0.15, -0.1) is 0 Å². The van der Waals surface area contributed by atoms with Crippen LogP contribution in [-0.2, 0) is 19.6 Å². The van der Waals surface area contributed by atoms with Crippen LogP contribution in [0.25, 0.3) is 0 Å². The molecule has 0 unspecified atom stereocenters. The average molecular weight is 474 g/mol. The third-order valence-electron chi connectivity index (χ3n) is 4.54. The van der Waals surface area contributed by atoms with Gasteiger partial charge in [0.25, 0.3) is 5.91 Å². The SMILES string of the molecule is C[C@@](O)(C(=O)Nc1ccc(S(=O)(=O)NCCCN2CCOCC2)cc1Cl)C(F)(F)F. The summed E-state index contributed by atoms with van der Waals surface area (Å²) in [7, 11) is -3.90. The van der Waals surface area contributed by atoms with Crippen molar-refractivity contribution in [3.63, 3.8) is 0 Å². The maximum absolute atomic E-state index is 12.7. The molecule has 0 bridgehead atoms. The summed E-state index contributed by atoms with van der Waals surface area (Å²) in [4.78, 5) is 13.7. The largest absolute Gasteiger partial charge is 0.426 e. The van der Waals surface area contributed by atoms with Crippen molar-refractivity contribution in [1.82, 2.24) is 9.62 Å². The van der Waals surface area contributed by atoms with Crippen LogP contribution in [0.1, 0.15) is 13.3 Å². The molecule has 2 rings (SSSR count). The maximum Gasteiger partial charge on any atom is 0.426 e. The van der Waals surface area contributed by atoms with Gasteiger partial charge in [-0.3, -0.25) is 9.69 Å². The molecule has 1 aromatic carbocycles. The Kier molecular flexibility index (Phi) is 8.10. The van der Waals surface area contributed by atoms with E-state index in [1.807, 2.05) is 5.32 Å². The van der Waals surface area contributed by atoms with Crippen molar-refractivity contribution in [3.05, 3.63) is 23.2 Å². The van der Waals surface area contributed by atoms with Crippen molar-refractivity contribution in [2.45, 2.75) is 30.0 Å². The van der Waals surface area contributed by atoms with Gasteiger partial charge in [0, 0.05) is 19.6 Å². The minimum atomic E-state index is -5.20. The highest BCUT2D eigenvalue weighted by molar-refractivity contribution is 7.89. The van der Waals surface area contributed by atoms with Crippen molar-refractivity contribution in [3.8, 4) is 0 Å². The summed E-state index contributed by atoms with van der Waals surface area (Å²) in [6.07, 6.45) is -4.62. The first-order valence-corrected chi connectivity index (χ1v) is 10.9. The summed E-state index contributed by atoms with van der Waals surface area (Å²) in [6, 6.07) is 3.15. The van der Waals surface area contributed by atoms with Crippen molar-refractivity contribution >= 4 is 33.2 Å². The lowest BCUT2D eigenvalue weighted by Gasteiger charge is -2.26. The van der Waals surface area contributed by atoms with Gasteiger partial charge in [0.1, 0.15) is 0 Å². The van der Waals surface area contributed by atoms with Crippen molar-refractivity contribution < 1.29 is 36.2 Å². The number of anilines is 1. The molecule has 1 aromatic rings. The number of aliphatic hydroxyl groups is 1. The Bertz CT molecular complexity index is 859. The number of sulfonamides is 1. The second-order valence-electron chi connectivity index (χ2n) is 6.87. The van der Waals surface area contributed by atoms with Gasteiger partial charge in [-0.05, 0) is 38.1 Å². The number of carbonyl (C=O) groups is 1. The summed E-state index contributed by atoms with van der Waals surface area (Å²) >= 11 is 5.92. The van der Waals surface area contributed by atoms with Gasteiger partial charge in [-0.2, -0.15) is 13.2 Å². The molecule has 0 radical (unpaired) electrons. The van der Waals surface area contributed by atoms with Gasteiger partial charge in [-0.25, -0.2) is 13.1 Å². The summed E-state index contributed by atoms with van der Waals surface area (Å²) in [5.41, 5.74) is -3.90. The van der Waals surface area contributed by atoms with Crippen LogP contribution in [-0.4, -0.2) is 75.5 Å². The molecular formula is C17H23ClF3N3O5S. The standard InChI is InChI=1S/C17H23ClF3N3O5S/c1-16(26,17(19,20)21)15(25)23-14-4-3-12(11-13(14)18)30(27,28)22-5-2-6-24-7-9-29-10-8-24/h3-4,11,22,26H,2,5-10H2,1H3,(H,23,25)/t16-/m1/s1. The second kappa shape index (κ2) is 9.79. The number of nitrogens with zero attached hydrogens (tertiary/aromatic N) is 1. The predicted octanol–water partition coefficient (Wildman–Crippen LogP) is 1.59. The molecule has 1 amide bonds. The topological polar surface area (TPSA) is 108 Å². The van der Waals surface area contributed by atoms with Gasteiger partial charge >= 0.3 is 6.18 Å². The van der Waals surface area contributed by atoms with Crippen LogP contribution in [0.2, 0.25) is 5.02 Å². The molecule has 1 aliphatic heterocycles. The average Bonchev–Trinajstić information content (AvgIpc) is 2.66. The number of hydrogen-bond donors (Lipinski definition) is 3. The number of benzene rings is 1. The van der Waals surface area contributed by atoms with Crippen molar-refractivity contribution in [1.29, 1.82) is 0 Å². The van der Waals surface area contributed by atoms with E-state index in [2.05, 4.69) is 9.62 Å². The Morgan fingerprint density at radius 1 is 1.30 bits per heavy atom. The third-order valence-corrected chi connectivity index (χ3v) is 6.31. The van der Waals surface area contributed by atoms with Crippen LogP contribution in [0.5, 0.6) is 0 Å². The van der Waals surface area contributed by atoms with Gasteiger partial charge in [0.05, 0.1) is 28.8 Å². The molecule has 1 fully saturated rings. The smallest absolute Gasteiger partial charge is 0.379 e. The zero-order valence-electron chi connectivity index (χ0n) is 16.1. The zero-order valence-corrected chi connectivity index (χ0v) is 17.7. The lowest BCUT2D eigenvalue weighted by molar-refractivity contribution is -0.242.